The van der Waals surface area contributed by atoms with E-state index < -0.39 is 66.8 Å². The molecule has 208 valence electrons. The molecule has 0 amide bonds. The van der Waals surface area contributed by atoms with Gasteiger partial charge in [-0.25, -0.2) is 16.8 Å². The molecular formula is C8CaF18O6S2. The summed E-state index contributed by atoms with van der Waals surface area (Å²) in [5.74, 6) is -29.6. The van der Waals surface area contributed by atoms with Gasteiger partial charge in [-0.2, -0.15) is 79.0 Å². The predicted molar refractivity (Wildman–Crippen MR) is 66.9 cm³/mol. The van der Waals surface area contributed by atoms with Crippen molar-refractivity contribution in [2.75, 3.05) is 0 Å². The summed E-state index contributed by atoms with van der Waals surface area (Å²) in [4.78, 5) is 0. The van der Waals surface area contributed by atoms with Crippen LogP contribution in [-0.2, 0) is 20.2 Å². The molecule has 0 saturated heterocycles. The average molecular weight is 638 g/mol. The summed E-state index contributed by atoms with van der Waals surface area (Å²) in [6.45, 7) is 0. The summed E-state index contributed by atoms with van der Waals surface area (Å²) < 4.78 is 271. The molecule has 0 aromatic carbocycles. The Labute approximate surface area is 209 Å². The van der Waals surface area contributed by atoms with Gasteiger partial charge in [0.1, 0.15) is 0 Å². The fourth-order valence-corrected chi connectivity index (χ4v) is 1.92. The van der Waals surface area contributed by atoms with Gasteiger partial charge in [-0.1, -0.05) is 0 Å². The molecule has 0 aliphatic carbocycles. The van der Waals surface area contributed by atoms with Crippen molar-refractivity contribution in [1.29, 1.82) is 0 Å². The van der Waals surface area contributed by atoms with Crippen LogP contribution in [0.4, 0.5) is 79.0 Å². The molecule has 0 aromatic heterocycles. The third-order valence-electron chi connectivity index (χ3n) is 2.86. The zero-order valence-electron chi connectivity index (χ0n) is 14.8. The minimum atomic E-state index is -7.43. The minimum absolute atomic E-state index is 0. The molecule has 0 radical (unpaired) electrons. The number of rotatable bonds is 6. The van der Waals surface area contributed by atoms with Gasteiger partial charge >= 0.3 is 84.3 Å². The monoisotopic (exact) mass is 638 g/mol. The second kappa shape index (κ2) is 10.2. The van der Waals surface area contributed by atoms with Crippen LogP contribution in [0.3, 0.4) is 0 Å². The summed E-state index contributed by atoms with van der Waals surface area (Å²) in [5.41, 5.74) is 0. The average Bonchev–Trinajstić information content (AvgIpc) is 2.50. The van der Waals surface area contributed by atoms with Crippen LogP contribution in [-0.4, -0.2) is 110 Å². The van der Waals surface area contributed by atoms with E-state index in [0.717, 1.165) is 0 Å². The Morgan fingerprint density at radius 1 is 0.371 bits per heavy atom. The summed E-state index contributed by atoms with van der Waals surface area (Å²) in [6.07, 6.45) is -14.3. The van der Waals surface area contributed by atoms with Gasteiger partial charge in [0.2, 0.25) is 0 Å². The summed E-state index contributed by atoms with van der Waals surface area (Å²) in [7, 11) is -14.8. The molecule has 0 bridgehead atoms. The van der Waals surface area contributed by atoms with Crippen molar-refractivity contribution in [3.8, 4) is 0 Å². The van der Waals surface area contributed by atoms with Crippen molar-refractivity contribution in [2.45, 2.75) is 46.6 Å². The fourth-order valence-electron chi connectivity index (χ4n) is 1.04. The van der Waals surface area contributed by atoms with E-state index in [1.807, 2.05) is 0 Å². The molecule has 0 rings (SSSR count). The SMILES string of the molecule is O=S(=O)([O-])C(F)(F)C(F)(F)C(F)(F)C(F)(F)F.O=S(=O)([O-])C(F)(F)C(F)(F)C(F)(F)C(F)(F)F.[Ca+2]. The van der Waals surface area contributed by atoms with E-state index in [2.05, 4.69) is 0 Å². The number of halogens is 18. The second-order valence-electron chi connectivity index (χ2n) is 5.23. The van der Waals surface area contributed by atoms with Gasteiger partial charge in [0.25, 0.3) is 0 Å². The van der Waals surface area contributed by atoms with E-state index in [1.165, 1.54) is 0 Å². The largest absolute Gasteiger partial charge is 2.00 e. The minimum Gasteiger partial charge on any atom is -0.743 e. The van der Waals surface area contributed by atoms with Gasteiger partial charge < -0.3 is 9.11 Å². The number of hydrogen-bond donors (Lipinski definition) is 0. The Balaban J connectivity index is -0.000000569. The van der Waals surface area contributed by atoms with E-state index in [1.54, 1.807) is 0 Å². The molecule has 0 saturated carbocycles. The smallest absolute Gasteiger partial charge is 0.743 e. The predicted octanol–water partition coefficient (Wildman–Crippen LogP) is 3.53. The first kappa shape index (κ1) is 39.3. The van der Waals surface area contributed by atoms with E-state index in [9.17, 15) is 105 Å². The zero-order chi connectivity index (χ0) is 29.0. The molecule has 0 fully saturated rings. The van der Waals surface area contributed by atoms with Gasteiger partial charge in [0.15, 0.2) is 20.2 Å². The first-order chi connectivity index (χ1) is 14.0. The normalized spacial score (nSPS) is 15.7. The van der Waals surface area contributed by atoms with Crippen molar-refractivity contribution in [1.82, 2.24) is 0 Å². The fraction of sp³-hybridized carbons (Fsp3) is 1.00. The molecule has 0 N–H and O–H groups in total. The summed E-state index contributed by atoms with van der Waals surface area (Å²) in [5, 5.41) is -14.2. The Morgan fingerprint density at radius 3 is 0.600 bits per heavy atom. The Hall–Kier alpha value is -0.180. The summed E-state index contributed by atoms with van der Waals surface area (Å²) in [6, 6.07) is 0. The molecule has 0 aliphatic rings. The van der Waals surface area contributed by atoms with Crippen LogP contribution in [0.1, 0.15) is 0 Å². The standard InChI is InChI=1S/2C4HF9O3S.Ca/c2*5-1(6,3(9,10)11)2(7,8)4(12,13)17(14,15)16;/h2*(H,14,15,16);/q;;+2/p-2. The maximum atomic E-state index is 12.2. The van der Waals surface area contributed by atoms with Crippen LogP contribution in [0.5, 0.6) is 0 Å². The van der Waals surface area contributed by atoms with Crippen molar-refractivity contribution in [3.05, 3.63) is 0 Å². The maximum absolute atomic E-state index is 12.2. The van der Waals surface area contributed by atoms with E-state index in [4.69, 9.17) is 0 Å². The first-order valence-electron chi connectivity index (χ1n) is 6.31. The second-order valence-corrected chi connectivity index (χ2v) is 8.08. The number of alkyl halides is 18. The Morgan fingerprint density at radius 2 is 0.514 bits per heavy atom. The molecule has 0 heterocycles. The third-order valence-corrected chi connectivity index (χ3v) is 4.63. The van der Waals surface area contributed by atoms with Crippen LogP contribution in [0.15, 0.2) is 0 Å². The topological polar surface area (TPSA) is 114 Å². The van der Waals surface area contributed by atoms with Crippen LogP contribution >= 0.6 is 0 Å². The van der Waals surface area contributed by atoms with Crippen LogP contribution in [0, 0.1) is 0 Å². The maximum Gasteiger partial charge on any atom is 2.00 e. The molecular weight excluding hydrogens is 638 g/mol. The molecule has 0 unspecified atom stereocenters. The summed E-state index contributed by atoms with van der Waals surface area (Å²) >= 11 is 0. The quantitative estimate of drug-likeness (QED) is 0.250. The Kier molecular flexibility index (Phi) is 11.4. The zero-order valence-corrected chi connectivity index (χ0v) is 18.6. The van der Waals surface area contributed by atoms with Crippen LogP contribution in [0.2, 0.25) is 0 Å². The van der Waals surface area contributed by atoms with Crippen molar-refractivity contribution < 1.29 is 105 Å². The van der Waals surface area contributed by atoms with E-state index >= 15 is 0 Å². The van der Waals surface area contributed by atoms with Crippen LogP contribution in [0.25, 0.3) is 0 Å². The number of hydrogen-bond acceptors (Lipinski definition) is 6. The van der Waals surface area contributed by atoms with Gasteiger partial charge in [-0.15, -0.1) is 0 Å². The van der Waals surface area contributed by atoms with E-state index in [-0.39, 0.29) is 37.7 Å². The van der Waals surface area contributed by atoms with Gasteiger partial charge in [0, 0.05) is 0 Å². The van der Waals surface area contributed by atoms with Crippen molar-refractivity contribution >= 4 is 58.0 Å². The molecule has 6 nitrogen and oxygen atoms in total. The Bertz CT molecular complexity index is 870. The van der Waals surface area contributed by atoms with Gasteiger partial charge in [-0.05, 0) is 0 Å². The molecule has 35 heavy (non-hydrogen) atoms. The third kappa shape index (κ3) is 6.64. The van der Waals surface area contributed by atoms with Gasteiger partial charge in [0.05, 0.1) is 0 Å². The van der Waals surface area contributed by atoms with E-state index in [0.29, 0.717) is 0 Å². The first-order valence-corrected chi connectivity index (χ1v) is 9.13. The van der Waals surface area contributed by atoms with Crippen molar-refractivity contribution in [3.63, 3.8) is 0 Å². The van der Waals surface area contributed by atoms with Crippen LogP contribution < -0.4 is 0 Å². The molecule has 0 aromatic rings. The molecule has 27 heteroatoms. The molecule has 0 spiro atoms. The van der Waals surface area contributed by atoms with Gasteiger partial charge in [-0.3, -0.25) is 0 Å². The molecule has 0 aliphatic heterocycles. The molecule has 0 atom stereocenters. The van der Waals surface area contributed by atoms with Crippen molar-refractivity contribution in [2.24, 2.45) is 0 Å².